The zero-order valence-electron chi connectivity index (χ0n) is 21.1. The van der Waals surface area contributed by atoms with Gasteiger partial charge in [-0.25, -0.2) is 9.36 Å². The molecule has 0 unspecified atom stereocenters. The topological polar surface area (TPSA) is 97.9 Å². The first-order valence-electron chi connectivity index (χ1n) is 12.8. The molecule has 0 aliphatic carbocycles. The summed E-state index contributed by atoms with van der Waals surface area (Å²) in [5.41, 5.74) is 4.82. The molecule has 1 saturated heterocycles. The first kappa shape index (κ1) is 24.8. The second-order valence-corrected chi connectivity index (χ2v) is 9.99. The number of anilines is 1. The second kappa shape index (κ2) is 10.7. The quantitative estimate of drug-likeness (QED) is 0.330. The van der Waals surface area contributed by atoms with Gasteiger partial charge in [0.25, 0.3) is 5.91 Å². The molecule has 1 aliphatic heterocycles. The monoisotopic (exact) mass is 539 g/mol. The van der Waals surface area contributed by atoms with Crippen LogP contribution in [0, 0.1) is 0 Å². The summed E-state index contributed by atoms with van der Waals surface area (Å²) in [5.74, 6) is 0.128. The zero-order chi connectivity index (χ0) is 26.8. The van der Waals surface area contributed by atoms with Gasteiger partial charge in [0.2, 0.25) is 5.91 Å². The molecule has 1 aliphatic rings. The summed E-state index contributed by atoms with van der Waals surface area (Å²) in [6, 6.07) is 22.7. The SMILES string of the molecule is O=C(Cn1nnc2ccccc21)Nc1ccc(C2CCN(C(=O)c3ccc(-n4cccn4)cc3Cl)CC2)cc1. The van der Waals surface area contributed by atoms with Gasteiger partial charge in [-0.15, -0.1) is 5.10 Å². The van der Waals surface area contributed by atoms with E-state index >= 15 is 0 Å². The summed E-state index contributed by atoms with van der Waals surface area (Å²) in [4.78, 5) is 27.6. The third-order valence-electron chi connectivity index (χ3n) is 7.11. The summed E-state index contributed by atoms with van der Waals surface area (Å²) in [6.07, 6.45) is 5.25. The van der Waals surface area contributed by atoms with E-state index in [1.807, 2.05) is 71.8 Å². The van der Waals surface area contributed by atoms with Crippen LogP contribution in [0.2, 0.25) is 5.02 Å². The molecule has 6 rings (SSSR count). The maximum absolute atomic E-state index is 13.2. The molecule has 0 spiro atoms. The van der Waals surface area contributed by atoms with E-state index in [1.165, 1.54) is 5.56 Å². The first-order valence-corrected chi connectivity index (χ1v) is 13.2. The minimum Gasteiger partial charge on any atom is -0.339 e. The van der Waals surface area contributed by atoms with Crippen LogP contribution in [-0.2, 0) is 11.3 Å². The number of carbonyl (C=O) groups excluding carboxylic acids is 2. The fraction of sp³-hybridized carbons (Fsp3) is 0.207. The minimum atomic E-state index is -0.165. The Hall–Kier alpha value is -4.50. The molecule has 2 aromatic heterocycles. The van der Waals surface area contributed by atoms with Gasteiger partial charge < -0.3 is 10.2 Å². The zero-order valence-corrected chi connectivity index (χ0v) is 21.8. The van der Waals surface area contributed by atoms with Crippen LogP contribution in [0.4, 0.5) is 5.69 Å². The number of hydrogen-bond acceptors (Lipinski definition) is 5. The largest absolute Gasteiger partial charge is 0.339 e. The van der Waals surface area contributed by atoms with Crippen LogP contribution in [0.3, 0.4) is 0 Å². The molecule has 5 aromatic rings. The molecular formula is C29H26ClN7O2. The summed E-state index contributed by atoms with van der Waals surface area (Å²) in [7, 11) is 0. The molecule has 1 N–H and O–H groups in total. The van der Waals surface area contributed by atoms with E-state index in [9.17, 15) is 9.59 Å². The van der Waals surface area contributed by atoms with Crippen molar-refractivity contribution in [3.05, 3.63) is 101 Å². The van der Waals surface area contributed by atoms with Gasteiger partial charge in [-0.3, -0.25) is 9.59 Å². The van der Waals surface area contributed by atoms with Crippen molar-refractivity contribution in [3.63, 3.8) is 0 Å². The summed E-state index contributed by atoms with van der Waals surface area (Å²) in [5, 5.41) is 15.7. The van der Waals surface area contributed by atoms with E-state index in [2.05, 4.69) is 20.7 Å². The van der Waals surface area contributed by atoms with Gasteiger partial charge in [0.05, 0.1) is 21.8 Å². The molecule has 0 bridgehead atoms. The van der Waals surface area contributed by atoms with Crippen molar-refractivity contribution < 1.29 is 9.59 Å². The van der Waals surface area contributed by atoms with E-state index in [0.29, 0.717) is 29.6 Å². The molecule has 196 valence electrons. The standard InChI is InChI=1S/C29H26ClN7O2/c30-25-18-23(36-15-3-14-31-36)10-11-24(25)29(39)35-16-12-21(13-17-35)20-6-8-22(9-7-20)32-28(38)19-37-27-5-2-1-4-26(27)33-34-37/h1-11,14-15,18,21H,12-13,16-17,19H2,(H,32,38). The highest BCUT2D eigenvalue weighted by Crippen LogP contribution is 2.30. The van der Waals surface area contributed by atoms with Crippen LogP contribution in [0.1, 0.15) is 34.7 Å². The number of hydrogen-bond donors (Lipinski definition) is 1. The maximum Gasteiger partial charge on any atom is 0.255 e. The Morgan fingerprint density at radius 3 is 2.51 bits per heavy atom. The number of likely N-dealkylation sites (tertiary alicyclic amines) is 1. The van der Waals surface area contributed by atoms with Gasteiger partial charge in [-0.05, 0) is 72.9 Å². The second-order valence-electron chi connectivity index (χ2n) is 9.59. The van der Waals surface area contributed by atoms with Gasteiger partial charge >= 0.3 is 0 Å². The van der Waals surface area contributed by atoms with Gasteiger partial charge in [-0.1, -0.05) is 41.1 Å². The molecule has 0 radical (unpaired) electrons. The van der Waals surface area contributed by atoms with Crippen molar-refractivity contribution in [2.24, 2.45) is 0 Å². The molecule has 39 heavy (non-hydrogen) atoms. The number of rotatable bonds is 6. The molecule has 0 atom stereocenters. The number of para-hydroxylation sites is 1. The van der Waals surface area contributed by atoms with E-state index < -0.39 is 0 Å². The van der Waals surface area contributed by atoms with E-state index in [4.69, 9.17) is 11.6 Å². The summed E-state index contributed by atoms with van der Waals surface area (Å²) in [6.45, 7) is 1.40. The third-order valence-corrected chi connectivity index (χ3v) is 7.43. The summed E-state index contributed by atoms with van der Waals surface area (Å²) >= 11 is 6.47. The third kappa shape index (κ3) is 5.26. The number of fused-ring (bicyclic) bond motifs is 1. The highest BCUT2D eigenvalue weighted by Gasteiger charge is 2.26. The van der Waals surface area contributed by atoms with Crippen LogP contribution in [-0.4, -0.2) is 54.6 Å². The van der Waals surface area contributed by atoms with Crippen LogP contribution >= 0.6 is 11.6 Å². The fourth-order valence-corrected chi connectivity index (χ4v) is 5.29. The van der Waals surface area contributed by atoms with Gasteiger partial charge in [0.15, 0.2) is 0 Å². The molecule has 3 heterocycles. The number of piperidine rings is 1. The van der Waals surface area contributed by atoms with Crippen LogP contribution in [0.5, 0.6) is 0 Å². The number of benzene rings is 3. The lowest BCUT2D eigenvalue weighted by Crippen LogP contribution is -2.38. The van der Waals surface area contributed by atoms with Crippen molar-refractivity contribution in [2.75, 3.05) is 18.4 Å². The Labute approximate surface area is 230 Å². The van der Waals surface area contributed by atoms with E-state index in [-0.39, 0.29) is 18.4 Å². The predicted octanol–water partition coefficient (Wildman–Crippen LogP) is 4.93. The molecule has 9 nitrogen and oxygen atoms in total. The molecule has 1 fully saturated rings. The Morgan fingerprint density at radius 2 is 1.77 bits per heavy atom. The number of aromatic nitrogens is 5. The number of nitrogens with one attached hydrogen (secondary N) is 1. The molecule has 2 amide bonds. The minimum absolute atomic E-state index is 0.0521. The molecular weight excluding hydrogens is 514 g/mol. The Bertz CT molecular complexity index is 1620. The van der Waals surface area contributed by atoms with Crippen molar-refractivity contribution in [1.82, 2.24) is 29.7 Å². The lowest BCUT2D eigenvalue weighted by Gasteiger charge is -2.32. The van der Waals surface area contributed by atoms with Crippen LogP contribution in [0.25, 0.3) is 16.7 Å². The lowest BCUT2D eigenvalue weighted by atomic mass is 9.89. The number of nitrogens with zero attached hydrogens (tertiary/aromatic N) is 6. The van der Waals surface area contributed by atoms with Crippen LogP contribution in [0.15, 0.2) is 85.2 Å². The van der Waals surface area contributed by atoms with E-state index in [0.717, 1.165) is 35.2 Å². The van der Waals surface area contributed by atoms with Gasteiger partial charge in [0, 0.05) is 31.2 Å². The highest BCUT2D eigenvalue weighted by atomic mass is 35.5. The normalized spacial score (nSPS) is 14.0. The Morgan fingerprint density at radius 1 is 0.974 bits per heavy atom. The lowest BCUT2D eigenvalue weighted by molar-refractivity contribution is -0.116. The average molecular weight is 540 g/mol. The first-order chi connectivity index (χ1) is 19.0. The average Bonchev–Trinajstić information content (AvgIpc) is 3.64. The van der Waals surface area contributed by atoms with E-state index in [1.54, 1.807) is 27.7 Å². The molecule has 0 saturated carbocycles. The number of halogens is 1. The van der Waals surface area contributed by atoms with Crippen molar-refractivity contribution in [3.8, 4) is 5.69 Å². The van der Waals surface area contributed by atoms with Gasteiger partial charge in [-0.2, -0.15) is 5.10 Å². The van der Waals surface area contributed by atoms with Crippen molar-refractivity contribution >= 4 is 40.1 Å². The molecule has 10 heteroatoms. The predicted molar refractivity (Wildman–Crippen MR) is 149 cm³/mol. The molecule has 3 aromatic carbocycles. The van der Waals surface area contributed by atoms with Crippen molar-refractivity contribution in [1.29, 1.82) is 0 Å². The van der Waals surface area contributed by atoms with Crippen LogP contribution < -0.4 is 5.32 Å². The fourth-order valence-electron chi connectivity index (χ4n) is 5.04. The maximum atomic E-state index is 13.2. The smallest absolute Gasteiger partial charge is 0.255 e. The number of amides is 2. The Kier molecular flexibility index (Phi) is 6.81. The Balaban J connectivity index is 1.03. The summed E-state index contributed by atoms with van der Waals surface area (Å²) < 4.78 is 3.30. The van der Waals surface area contributed by atoms with Crippen molar-refractivity contribution in [2.45, 2.75) is 25.3 Å². The number of carbonyl (C=O) groups is 2. The highest BCUT2D eigenvalue weighted by molar-refractivity contribution is 6.34. The van der Waals surface area contributed by atoms with Gasteiger partial charge in [0.1, 0.15) is 12.1 Å².